The summed E-state index contributed by atoms with van der Waals surface area (Å²) in [5, 5.41) is 1.98. The number of benzene rings is 1. The van der Waals surface area contributed by atoms with Gasteiger partial charge in [0.2, 0.25) is 21.8 Å². The van der Waals surface area contributed by atoms with Crippen LogP contribution in [0.4, 0.5) is 5.13 Å². The normalized spacial score (nSPS) is 17.1. The van der Waals surface area contributed by atoms with Crippen LogP contribution in [0, 0.1) is 5.92 Å². The van der Waals surface area contributed by atoms with Crippen LogP contribution in [0.1, 0.15) is 12.5 Å². The van der Waals surface area contributed by atoms with Crippen LogP contribution in [0.5, 0.6) is 0 Å². The third-order valence-corrected chi connectivity index (χ3v) is 7.86. The molecule has 1 aliphatic heterocycles. The number of carbonyl (C=O) groups is 2. The van der Waals surface area contributed by atoms with Crippen molar-refractivity contribution in [3.8, 4) is 0 Å². The van der Waals surface area contributed by atoms with Crippen molar-refractivity contribution in [2.75, 3.05) is 37.0 Å². The van der Waals surface area contributed by atoms with Crippen LogP contribution in [0.3, 0.4) is 0 Å². The van der Waals surface area contributed by atoms with Crippen molar-refractivity contribution >= 4 is 38.3 Å². The molecule has 168 valence electrons. The number of morpholine rings is 1. The minimum Gasteiger partial charge on any atom is -0.379 e. The molecule has 2 unspecified atom stereocenters. The zero-order valence-corrected chi connectivity index (χ0v) is 18.8. The number of nitrogens with zero attached hydrogens (tertiary/aromatic N) is 3. The topological polar surface area (TPSA) is 123 Å². The fourth-order valence-electron chi connectivity index (χ4n) is 3.41. The van der Waals surface area contributed by atoms with Gasteiger partial charge in [-0.15, -0.1) is 11.3 Å². The first-order valence-electron chi connectivity index (χ1n) is 9.91. The molecule has 2 aromatic rings. The van der Waals surface area contributed by atoms with Crippen molar-refractivity contribution in [1.82, 2.24) is 9.29 Å². The summed E-state index contributed by atoms with van der Waals surface area (Å²) in [4.78, 5) is 30.9. The van der Waals surface area contributed by atoms with Gasteiger partial charge < -0.3 is 10.5 Å². The van der Waals surface area contributed by atoms with Crippen molar-refractivity contribution in [3.05, 3.63) is 47.5 Å². The Labute approximate surface area is 185 Å². The van der Waals surface area contributed by atoms with Gasteiger partial charge in [-0.3, -0.25) is 14.5 Å². The Morgan fingerprint density at radius 3 is 2.52 bits per heavy atom. The lowest BCUT2D eigenvalue weighted by Crippen LogP contribution is -2.51. The maximum absolute atomic E-state index is 13.6. The summed E-state index contributed by atoms with van der Waals surface area (Å²) in [6, 6.07) is 8.22. The quantitative estimate of drug-likeness (QED) is 0.585. The van der Waals surface area contributed by atoms with E-state index in [0.717, 1.165) is 5.56 Å². The minimum absolute atomic E-state index is 0.205. The number of primary amides is 1. The standard InChI is InChI=1S/C20H26N4O5S2/c1-15(18(21)25)24(20-22-7-12-30-20)19(26)17(13-16-5-3-2-4-6-16)14-31(27,28)23-8-10-29-11-9-23/h2-7,12,15,17H,8-11,13-14H2,1H3,(H2,21,25). The van der Waals surface area contributed by atoms with Crippen LogP contribution in [0.25, 0.3) is 0 Å². The van der Waals surface area contributed by atoms with Gasteiger partial charge in [0.25, 0.3) is 0 Å². The van der Waals surface area contributed by atoms with E-state index in [1.807, 2.05) is 30.3 Å². The van der Waals surface area contributed by atoms with Gasteiger partial charge in [-0.1, -0.05) is 30.3 Å². The van der Waals surface area contributed by atoms with Gasteiger partial charge in [0.1, 0.15) is 6.04 Å². The molecular formula is C20H26N4O5S2. The largest absolute Gasteiger partial charge is 0.379 e. The number of anilines is 1. The number of carbonyl (C=O) groups excluding carboxylic acids is 2. The Kier molecular flexibility index (Phi) is 7.76. The van der Waals surface area contributed by atoms with Crippen molar-refractivity contribution in [1.29, 1.82) is 0 Å². The summed E-state index contributed by atoms with van der Waals surface area (Å²) in [5.74, 6) is -2.49. The molecule has 11 heteroatoms. The number of rotatable bonds is 9. The summed E-state index contributed by atoms with van der Waals surface area (Å²) in [7, 11) is -3.72. The fourth-order valence-corrected chi connectivity index (χ4v) is 5.82. The second kappa shape index (κ2) is 10.3. The van der Waals surface area contributed by atoms with Crippen molar-refractivity contribution in [2.24, 2.45) is 11.7 Å². The second-order valence-corrected chi connectivity index (χ2v) is 10.2. The van der Waals surface area contributed by atoms with Gasteiger partial charge in [-0.25, -0.2) is 13.4 Å². The Balaban J connectivity index is 1.93. The first-order chi connectivity index (χ1) is 14.8. The lowest BCUT2D eigenvalue weighted by molar-refractivity contribution is -0.126. The number of sulfonamides is 1. The smallest absolute Gasteiger partial charge is 0.240 e. The van der Waals surface area contributed by atoms with Crippen LogP contribution >= 0.6 is 11.3 Å². The predicted octanol–water partition coefficient (Wildman–Crippen LogP) is 0.871. The Morgan fingerprint density at radius 1 is 1.26 bits per heavy atom. The van der Waals surface area contributed by atoms with E-state index in [9.17, 15) is 18.0 Å². The van der Waals surface area contributed by atoms with Gasteiger partial charge in [0, 0.05) is 24.7 Å². The first kappa shape index (κ1) is 23.3. The number of hydrogen-bond acceptors (Lipinski definition) is 7. The molecule has 2 heterocycles. The molecule has 1 aromatic heterocycles. The molecule has 0 aliphatic carbocycles. The average Bonchev–Trinajstić information content (AvgIpc) is 3.29. The van der Waals surface area contributed by atoms with Crippen LogP contribution in [-0.2, 0) is 30.8 Å². The zero-order chi connectivity index (χ0) is 22.4. The van der Waals surface area contributed by atoms with E-state index in [2.05, 4.69) is 4.98 Å². The molecule has 9 nitrogen and oxygen atoms in total. The third kappa shape index (κ3) is 5.88. The Morgan fingerprint density at radius 2 is 1.94 bits per heavy atom. The van der Waals surface area contributed by atoms with Crippen molar-refractivity contribution in [2.45, 2.75) is 19.4 Å². The van der Waals surface area contributed by atoms with Crippen molar-refractivity contribution < 1.29 is 22.7 Å². The van der Waals surface area contributed by atoms with E-state index < -0.39 is 33.8 Å². The fraction of sp³-hybridized carbons (Fsp3) is 0.450. The maximum atomic E-state index is 13.6. The molecule has 31 heavy (non-hydrogen) atoms. The summed E-state index contributed by atoms with van der Waals surface area (Å²) in [5.41, 5.74) is 6.30. The molecule has 2 amide bonds. The van der Waals surface area contributed by atoms with Crippen LogP contribution in [-0.4, -0.2) is 67.6 Å². The van der Waals surface area contributed by atoms with Crippen LogP contribution in [0.2, 0.25) is 0 Å². The zero-order valence-electron chi connectivity index (χ0n) is 17.2. The molecule has 0 radical (unpaired) electrons. The van der Waals surface area contributed by atoms with Crippen molar-refractivity contribution in [3.63, 3.8) is 0 Å². The number of hydrogen-bond donors (Lipinski definition) is 1. The maximum Gasteiger partial charge on any atom is 0.240 e. The number of nitrogens with two attached hydrogens (primary N) is 1. The lowest BCUT2D eigenvalue weighted by atomic mass is 9.99. The highest BCUT2D eigenvalue weighted by atomic mass is 32.2. The van der Waals surface area contributed by atoms with Gasteiger partial charge in [-0.2, -0.15) is 4.31 Å². The average molecular weight is 467 g/mol. The Bertz CT molecular complexity index is 976. The van der Waals surface area contributed by atoms with E-state index in [4.69, 9.17) is 10.5 Å². The first-order valence-corrected chi connectivity index (χ1v) is 12.4. The summed E-state index contributed by atoms with van der Waals surface area (Å²) >= 11 is 1.18. The predicted molar refractivity (Wildman–Crippen MR) is 118 cm³/mol. The highest BCUT2D eigenvalue weighted by Gasteiger charge is 2.37. The van der Waals surface area contributed by atoms with E-state index in [1.54, 1.807) is 5.38 Å². The molecule has 0 spiro atoms. The summed E-state index contributed by atoms with van der Waals surface area (Å²) in [6.45, 7) is 2.66. The molecular weight excluding hydrogens is 440 g/mol. The highest BCUT2D eigenvalue weighted by molar-refractivity contribution is 7.89. The molecule has 0 saturated carbocycles. The van der Waals surface area contributed by atoms with E-state index in [1.165, 1.54) is 33.7 Å². The van der Waals surface area contributed by atoms with Gasteiger partial charge >= 0.3 is 0 Å². The second-order valence-electron chi connectivity index (χ2n) is 7.28. The van der Waals surface area contributed by atoms with Gasteiger partial charge in [0.05, 0.1) is 24.9 Å². The SMILES string of the molecule is CC(C(N)=O)N(C(=O)C(Cc1ccccc1)CS(=O)(=O)N1CCOCC1)c1nccs1. The Hall–Kier alpha value is -2.34. The molecule has 2 atom stereocenters. The summed E-state index contributed by atoms with van der Waals surface area (Å²) in [6.07, 6.45) is 1.72. The number of ether oxygens (including phenoxy) is 1. The molecule has 1 saturated heterocycles. The number of thiazole rings is 1. The van der Waals surface area contributed by atoms with E-state index in [0.29, 0.717) is 18.3 Å². The van der Waals surface area contributed by atoms with Crippen LogP contribution in [0.15, 0.2) is 41.9 Å². The minimum atomic E-state index is -3.72. The number of aromatic nitrogens is 1. The molecule has 2 N–H and O–H groups in total. The van der Waals surface area contributed by atoms with E-state index in [-0.39, 0.29) is 25.3 Å². The lowest BCUT2D eigenvalue weighted by Gasteiger charge is -2.31. The molecule has 1 aromatic carbocycles. The van der Waals surface area contributed by atoms with E-state index >= 15 is 0 Å². The molecule has 3 rings (SSSR count). The monoisotopic (exact) mass is 466 g/mol. The number of amides is 2. The van der Waals surface area contributed by atoms with Crippen LogP contribution < -0.4 is 10.6 Å². The molecule has 1 fully saturated rings. The molecule has 1 aliphatic rings. The third-order valence-electron chi connectivity index (χ3n) is 5.11. The van der Waals surface area contributed by atoms with Gasteiger partial charge in [0.15, 0.2) is 5.13 Å². The molecule has 0 bridgehead atoms. The summed E-state index contributed by atoms with van der Waals surface area (Å²) < 4.78 is 32.8. The highest BCUT2D eigenvalue weighted by Crippen LogP contribution is 2.25. The van der Waals surface area contributed by atoms with Gasteiger partial charge in [-0.05, 0) is 18.9 Å².